The van der Waals surface area contributed by atoms with Crippen molar-refractivity contribution in [3.63, 3.8) is 0 Å². The molecule has 3 rings (SSSR count). The Hall–Kier alpha value is -1.65. The van der Waals surface area contributed by atoms with Crippen LogP contribution in [0.15, 0.2) is 4.79 Å². The number of H-pyrrole nitrogens is 1. The van der Waals surface area contributed by atoms with Crippen molar-refractivity contribution in [2.75, 3.05) is 12.3 Å². The molecule has 0 aromatic carbocycles. The summed E-state index contributed by atoms with van der Waals surface area (Å²) in [7, 11) is 1.56. The lowest BCUT2D eigenvalue weighted by atomic mass is 10.0. The van der Waals surface area contributed by atoms with Gasteiger partial charge in [-0.05, 0) is 0 Å². The topological polar surface area (TPSA) is 147 Å². The Bertz CT molecular complexity index is 788. The number of hydrogen-bond donors (Lipinski definition) is 5. The second-order valence-electron chi connectivity index (χ2n) is 5.17. The summed E-state index contributed by atoms with van der Waals surface area (Å²) in [5.41, 5.74) is 5.68. The monoisotopic (exact) mass is 330 g/mol. The van der Waals surface area contributed by atoms with Crippen LogP contribution < -0.4 is 11.3 Å². The van der Waals surface area contributed by atoms with E-state index in [-0.39, 0.29) is 27.7 Å². The molecule has 0 saturated carbocycles. The van der Waals surface area contributed by atoms with E-state index in [0.717, 1.165) is 0 Å². The molecule has 6 N–H and O–H groups in total. The van der Waals surface area contributed by atoms with Gasteiger partial charge in [-0.15, -0.1) is 0 Å². The standard InChI is InChI=1S/C12H15ClN4O5/c1-17-6-5(15-12(14)16-11(6)21)4(10(17)13)9-8(20)7(19)3(2-18)22-9/h3,7-9,18-20H,2H2,1H3,(H3,14,15,16,21). The highest BCUT2D eigenvalue weighted by molar-refractivity contribution is 6.32. The summed E-state index contributed by atoms with van der Waals surface area (Å²) in [6.45, 7) is -0.465. The minimum atomic E-state index is -1.32. The molecule has 0 radical (unpaired) electrons. The molecule has 120 valence electrons. The molecule has 4 unspecified atom stereocenters. The first-order valence-electron chi connectivity index (χ1n) is 6.52. The molecule has 1 aliphatic heterocycles. The summed E-state index contributed by atoms with van der Waals surface area (Å²) in [6.07, 6.45) is -4.58. The number of anilines is 1. The Kier molecular flexibility index (Phi) is 3.62. The second kappa shape index (κ2) is 5.21. The first kappa shape index (κ1) is 15.3. The molecule has 3 heterocycles. The average molecular weight is 331 g/mol. The number of fused-ring (bicyclic) bond motifs is 1. The number of nitrogen functional groups attached to an aromatic ring is 1. The summed E-state index contributed by atoms with van der Waals surface area (Å²) < 4.78 is 6.86. The molecule has 0 amide bonds. The van der Waals surface area contributed by atoms with Crippen molar-refractivity contribution in [2.45, 2.75) is 24.4 Å². The zero-order chi connectivity index (χ0) is 16.2. The van der Waals surface area contributed by atoms with E-state index in [9.17, 15) is 15.0 Å². The number of aliphatic hydroxyl groups excluding tert-OH is 3. The van der Waals surface area contributed by atoms with E-state index >= 15 is 0 Å². The van der Waals surface area contributed by atoms with E-state index in [0.29, 0.717) is 0 Å². The maximum absolute atomic E-state index is 12.0. The lowest BCUT2D eigenvalue weighted by molar-refractivity contribution is -0.0224. The fourth-order valence-electron chi connectivity index (χ4n) is 2.75. The van der Waals surface area contributed by atoms with Crippen molar-refractivity contribution in [2.24, 2.45) is 7.05 Å². The van der Waals surface area contributed by atoms with Gasteiger partial charge in [0.05, 0.1) is 6.61 Å². The molecule has 1 saturated heterocycles. The van der Waals surface area contributed by atoms with Crippen molar-refractivity contribution >= 4 is 28.6 Å². The predicted molar refractivity (Wildman–Crippen MR) is 77.5 cm³/mol. The third-order valence-electron chi connectivity index (χ3n) is 3.85. The van der Waals surface area contributed by atoms with E-state index < -0.39 is 36.6 Å². The van der Waals surface area contributed by atoms with Crippen molar-refractivity contribution in [3.05, 3.63) is 21.1 Å². The van der Waals surface area contributed by atoms with Gasteiger partial charge < -0.3 is 30.4 Å². The van der Waals surface area contributed by atoms with Crippen LogP contribution in [0.2, 0.25) is 5.15 Å². The number of rotatable bonds is 2. The van der Waals surface area contributed by atoms with Crippen LogP contribution in [-0.4, -0.2) is 54.8 Å². The van der Waals surface area contributed by atoms with Gasteiger partial charge in [0.15, 0.2) is 0 Å². The lowest BCUT2D eigenvalue weighted by Crippen LogP contribution is -2.32. The van der Waals surface area contributed by atoms with E-state index in [4.69, 9.17) is 27.2 Å². The smallest absolute Gasteiger partial charge is 0.276 e. The molecule has 1 aliphatic rings. The van der Waals surface area contributed by atoms with Gasteiger partial charge in [0.25, 0.3) is 5.56 Å². The molecule has 4 atom stereocenters. The molecule has 0 spiro atoms. The van der Waals surface area contributed by atoms with Crippen LogP contribution in [0.25, 0.3) is 11.0 Å². The number of nitrogens with two attached hydrogens (primary N) is 1. The molecule has 1 fully saturated rings. The largest absolute Gasteiger partial charge is 0.394 e. The highest BCUT2D eigenvalue weighted by Gasteiger charge is 2.45. The Morgan fingerprint density at radius 2 is 2.14 bits per heavy atom. The summed E-state index contributed by atoms with van der Waals surface area (Å²) in [5, 5.41) is 29.3. The predicted octanol–water partition coefficient (Wildman–Crippen LogP) is -1.35. The minimum Gasteiger partial charge on any atom is -0.394 e. The van der Waals surface area contributed by atoms with Crippen molar-refractivity contribution in [1.29, 1.82) is 0 Å². The maximum atomic E-state index is 12.0. The van der Waals surface area contributed by atoms with E-state index in [1.807, 2.05) is 0 Å². The zero-order valence-electron chi connectivity index (χ0n) is 11.5. The molecule has 0 aliphatic carbocycles. The molecule has 2 aromatic rings. The third kappa shape index (κ3) is 2.02. The number of halogens is 1. The Morgan fingerprint density at radius 3 is 2.73 bits per heavy atom. The van der Waals surface area contributed by atoms with Gasteiger partial charge in [-0.3, -0.25) is 9.78 Å². The number of ether oxygens (including phenoxy) is 1. The Labute approximate surface area is 128 Å². The van der Waals surface area contributed by atoms with Gasteiger partial charge in [-0.25, -0.2) is 4.98 Å². The van der Waals surface area contributed by atoms with Crippen LogP contribution in [0.1, 0.15) is 11.7 Å². The van der Waals surface area contributed by atoms with Gasteiger partial charge in [0.2, 0.25) is 5.95 Å². The second-order valence-corrected chi connectivity index (χ2v) is 5.53. The van der Waals surface area contributed by atoms with Crippen LogP contribution in [0.3, 0.4) is 0 Å². The van der Waals surface area contributed by atoms with Crippen molar-refractivity contribution in [1.82, 2.24) is 14.5 Å². The van der Waals surface area contributed by atoms with Gasteiger partial charge in [0.1, 0.15) is 40.6 Å². The fraction of sp³-hybridized carbons (Fsp3) is 0.500. The number of aliphatic hydroxyl groups is 3. The van der Waals surface area contributed by atoms with Gasteiger partial charge >= 0.3 is 0 Å². The van der Waals surface area contributed by atoms with Crippen LogP contribution >= 0.6 is 11.6 Å². The summed E-state index contributed by atoms with van der Waals surface area (Å²) in [5.74, 6) is -0.104. The molecule has 2 aromatic heterocycles. The summed E-state index contributed by atoms with van der Waals surface area (Å²) in [4.78, 5) is 18.4. The first-order valence-corrected chi connectivity index (χ1v) is 6.90. The van der Waals surface area contributed by atoms with Gasteiger partial charge in [0, 0.05) is 12.6 Å². The highest BCUT2D eigenvalue weighted by atomic mass is 35.5. The molecule has 0 bridgehead atoms. The maximum Gasteiger partial charge on any atom is 0.276 e. The van der Waals surface area contributed by atoms with E-state index in [2.05, 4.69) is 9.97 Å². The number of hydrogen-bond acceptors (Lipinski definition) is 7. The minimum absolute atomic E-state index is 0.104. The van der Waals surface area contributed by atoms with Crippen LogP contribution in [0, 0.1) is 0 Å². The number of aryl methyl sites for hydroxylation is 1. The van der Waals surface area contributed by atoms with E-state index in [1.165, 1.54) is 4.57 Å². The Morgan fingerprint density at radius 1 is 1.45 bits per heavy atom. The summed E-state index contributed by atoms with van der Waals surface area (Å²) >= 11 is 6.24. The number of nitrogens with one attached hydrogen (secondary N) is 1. The number of aromatic nitrogens is 3. The normalized spacial score (nSPS) is 28.6. The quantitative estimate of drug-likeness (QED) is 0.457. The van der Waals surface area contributed by atoms with Gasteiger partial charge in [-0.1, -0.05) is 11.6 Å². The Balaban J connectivity index is 2.24. The van der Waals surface area contributed by atoms with Gasteiger partial charge in [-0.2, -0.15) is 0 Å². The van der Waals surface area contributed by atoms with Crippen molar-refractivity contribution < 1.29 is 20.1 Å². The van der Waals surface area contributed by atoms with Crippen LogP contribution in [0.4, 0.5) is 5.95 Å². The molecular formula is C12H15ClN4O5. The number of aromatic amines is 1. The molecule has 22 heavy (non-hydrogen) atoms. The zero-order valence-corrected chi connectivity index (χ0v) is 12.3. The SMILES string of the molecule is Cn1c(Cl)c(C2OC(CO)C(O)C2O)c2nc(N)[nH]c(=O)c21. The lowest BCUT2D eigenvalue weighted by Gasteiger charge is -2.14. The molecule has 10 heteroatoms. The average Bonchev–Trinajstić information content (AvgIpc) is 2.87. The highest BCUT2D eigenvalue weighted by Crippen LogP contribution is 2.40. The van der Waals surface area contributed by atoms with Crippen LogP contribution in [0.5, 0.6) is 0 Å². The molecule has 9 nitrogen and oxygen atoms in total. The van der Waals surface area contributed by atoms with Crippen molar-refractivity contribution in [3.8, 4) is 0 Å². The van der Waals surface area contributed by atoms with E-state index in [1.54, 1.807) is 7.05 Å². The number of nitrogens with zero attached hydrogens (tertiary/aromatic N) is 2. The first-order chi connectivity index (χ1) is 10.4. The molecular weight excluding hydrogens is 316 g/mol. The third-order valence-corrected chi connectivity index (χ3v) is 4.30. The summed E-state index contributed by atoms with van der Waals surface area (Å²) in [6, 6.07) is 0. The van der Waals surface area contributed by atoms with Crippen LogP contribution in [-0.2, 0) is 11.8 Å². The fourth-order valence-corrected chi connectivity index (χ4v) is 3.03.